The van der Waals surface area contributed by atoms with Crippen molar-refractivity contribution in [2.45, 2.75) is 39.7 Å². The van der Waals surface area contributed by atoms with Crippen molar-refractivity contribution in [3.63, 3.8) is 0 Å². The quantitative estimate of drug-likeness (QED) is 0.635. The molecule has 0 aliphatic rings. The highest BCUT2D eigenvalue weighted by Crippen LogP contribution is 1.92. The van der Waals surface area contributed by atoms with Gasteiger partial charge in [0.15, 0.2) is 0 Å². The minimum Gasteiger partial charge on any atom is -0.330 e. The zero-order chi connectivity index (χ0) is 9.28. The van der Waals surface area contributed by atoms with E-state index in [4.69, 9.17) is 11.5 Å². The van der Waals surface area contributed by atoms with Crippen LogP contribution in [0.2, 0.25) is 0 Å². The van der Waals surface area contributed by atoms with Gasteiger partial charge in [0.1, 0.15) is 5.78 Å². The molecule has 0 bridgehead atoms. The first kappa shape index (κ1) is 13.2. The number of hydrogen-bond donors (Lipinski definition) is 2. The Bertz CT molecular complexity index is 94.1. The highest BCUT2D eigenvalue weighted by Gasteiger charge is 2.05. The van der Waals surface area contributed by atoms with Gasteiger partial charge in [-0.2, -0.15) is 0 Å². The Morgan fingerprint density at radius 3 is 2.18 bits per heavy atom. The van der Waals surface area contributed by atoms with E-state index in [-0.39, 0.29) is 11.8 Å². The fourth-order valence-electron chi connectivity index (χ4n) is 0.541. The van der Waals surface area contributed by atoms with Crippen LogP contribution in [-0.2, 0) is 4.79 Å². The number of Topliss-reactive ketones (excluding diaryl/α,β-unsaturated/α-hetero) is 1. The second kappa shape index (κ2) is 9.59. The minimum absolute atomic E-state index is 0.0449. The van der Waals surface area contributed by atoms with E-state index in [1.165, 1.54) is 6.92 Å². The highest BCUT2D eigenvalue weighted by molar-refractivity contribution is 5.80. The summed E-state index contributed by atoms with van der Waals surface area (Å²) in [5.74, 6) is 0.0449. The van der Waals surface area contributed by atoms with Crippen LogP contribution in [0.25, 0.3) is 0 Å². The lowest BCUT2D eigenvalue weighted by atomic mass is 10.1. The van der Waals surface area contributed by atoms with Crippen LogP contribution < -0.4 is 11.5 Å². The second-order valence-electron chi connectivity index (χ2n) is 2.15. The first-order chi connectivity index (χ1) is 5.18. The molecule has 0 spiro atoms. The molecule has 11 heavy (non-hydrogen) atoms. The Hall–Kier alpha value is -0.410. The van der Waals surface area contributed by atoms with Crippen molar-refractivity contribution in [2.24, 2.45) is 11.5 Å². The van der Waals surface area contributed by atoms with Crippen LogP contribution in [-0.4, -0.2) is 18.4 Å². The van der Waals surface area contributed by atoms with E-state index in [1.54, 1.807) is 0 Å². The van der Waals surface area contributed by atoms with Gasteiger partial charge < -0.3 is 11.5 Å². The van der Waals surface area contributed by atoms with E-state index >= 15 is 0 Å². The molecule has 68 valence electrons. The van der Waals surface area contributed by atoms with Gasteiger partial charge in [-0.25, -0.2) is 0 Å². The maximum atomic E-state index is 10.5. The third kappa shape index (κ3) is 9.59. The van der Waals surface area contributed by atoms with Gasteiger partial charge in [0.2, 0.25) is 0 Å². The van der Waals surface area contributed by atoms with Crippen LogP contribution in [0.1, 0.15) is 33.6 Å². The maximum absolute atomic E-state index is 10.5. The molecule has 0 amide bonds. The van der Waals surface area contributed by atoms with E-state index in [1.807, 2.05) is 13.8 Å². The van der Waals surface area contributed by atoms with Gasteiger partial charge in [-0.15, -0.1) is 0 Å². The summed E-state index contributed by atoms with van der Waals surface area (Å²) in [6.45, 7) is 6.11. The number of rotatable bonds is 4. The molecule has 0 radical (unpaired) electrons. The molecule has 0 rings (SSSR count). The fraction of sp³-hybridized carbons (Fsp3) is 0.875. The van der Waals surface area contributed by atoms with Crippen molar-refractivity contribution in [3.8, 4) is 0 Å². The molecular formula is C8H20N2O. The van der Waals surface area contributed by atoms with Gasteiger partial charge in [-0.1, -0.05) is 13.8 Å². The number of carbonyl (C=O) groups excluding carboxylic acids is 1. The lowest BCUT2D eigenvalue weighted by molar-refractivity contribution is -0.118. The smallest absolute Gasteiger partial charge is 0.146 e. The van der Waals surface area contributed by atoms with Gasteiger partial charge in [-0.3, -0.25) is 4.79 Å². The van der Waals surface area contributed by atoms with Gasteiger partial charge in [0.05, 0.1) is 6.04 Å². The standard InChI is InChI=1S/C6H14N2O.C2H6/c1-5(9)6(8)3-2-4-7;1-2/h6H,2-4,7-8H2,1H3;1-2H3/t6-;/m1./s1. The van der Waals surface area contributed by atoms with E-state index in [0.29, 0.717) is 13.0 Å². The third-order valence-electron chi connectivity index (χ3n) is 1.24. The molecule has 0 saturated heterocycles. The summed E-state index contributed by atoms with van der Waals surface area (Å²) in [5.41, 5.74) is 10.6. The molecule has 0 aromatic carbocycles. The van der Waals surface area contributed by atoms with Gasteiger partial charge in [0, 0.05) is 0 Å². The summed E-state index contributed by atoms with van der Waals surface area (Å²) in [6, 6.07) is -0.298. The third-order valence-corrected chi connectivity index (χ3v) is 1.24. The van der Waals surface area contributed by atoms with E-state index in [0.717, 1.165) is 6.42 Å². The Labute approximate surface area is 69.1 Å². The lowest BCUT2D eigenvalue weighted by Crippen LogP contribution is -2.28. The molecular weight excluding hydrogens is 140 g/mol. The van der Waals surface area contributed by atoms with Crippen molar-refractivity contribution in [1.29, 1.82) is 0 Å². The van der Waals surface area contributed by atoms with E-state index in [9.17, 15) is 4.79 Å². The van der Waals surface area contributed by atoms with Crippen LogP contribution in [0.15, 0.2) is 0 Å². The summed E-state index contributed by atoms with van der Waals surface area (Å²) in [5, 5.41) is 0. The van der Waals surface area contributed by atoms with Gasteiger partial charge in [0.25, 0.3) is 0 Å². The van der Waals surface area contributed by atoms with Crippen LogP contribution in [0.5, 0.6) is 0 Å². The molecule has 3 heteroatoms. The first-order valence-corrected chi connectivity index (χ1v) is 4.14. The summed E-state index contributed by atoms with van der Waals surface area (Å²) >= 11 is 0. The second-order valence-corrected chi connectivity index (χ2v) is 2.15. The summed E-state index contributed by atoms with van der Waals surface area (Å²) < 4.78 is 0. The Morgan fingerprint density at radius 1 is 1.45 bits per heavy atom. The monoisotopic (exact) mass is 160 g/mol. The molecule has 0 saturated carbocycles. The number of nitrogens with two attached hydrogens (primary N) is 2. The molecule has 0 aliphatic heterocycles. The summed E-state index contributed by atoms with van der Waals surface area (Å²) in [7, 11) is 0. The lowest BCUT2D eigenvalue weighted by Gasteiger charge is -2.04. The van der Waals surface area contributed by atoms with Crippen LogP contribution in [0.3, 0.4) is 0 Å². The van der Waals surface area contributed by atoms with Crippen molar-refractivity contribution in [3.05, 3.63) is 0 Å². The largest absolute Gasteiger partial charge is 0.330 e. The molecule has 1 atom stereocenters. The maximum Gasteiger partial charge on any atom is 0.146 e. The first-order valence-electron chi connectivity index (χ1n) is 4.14. The zero-order valence-corrected chi connectivity index (χ0v) is 7.76. The zero-order valence-electron chi connectivity index (χ0n) is 7.76. The minimum atomic E-state index is -0.298. The highest BCUT2D eigenvalue weighted by atomic mass is 16.1. The van der Waals surface area contributed by atoms with Crippen LogP contribution in [0, 0.1) is 0 Å². The van der Waals surface area contributed by atoms with E-state index < -0.39 is 0 Å². The molecule has 0 fully saturated rings. The Balaban J connectivity index is 0. The van der Waals surface area contributed by atoms with Gasteiger partial charge >= 0.3 is 0 Å². The molecule has 0 unspecified atom stereocenters. The molecule has 0 aromatic rings. The average molecular weight is 160 g/mol. The molecule has 0 heterocycles. The number of hydrogen-bond acceptors (Lipinski definition) is 3. The summed E-state index contributed by atoms with van der Waals surface area (Å²) in [6.07, 6.45) is 1.55. The van der Waals surface area contributed by atoms with Crippen LogP contribution >= 0.6 is 0 Å². The molecule has 0 aromatic heterocycles. The average Bonchev–Trinajstić information content (AvgIpc) is 2.03. The van der Waals surface area contributed by atoms with E-state index in [2.05, 4.69) is 0 Å². The molecule has 0 aliphatic carbocycles. The SMILES string of the molecule is CC.CC(=O)[C@H](N)CCCN. The predicted molar refractivity (Wildman–Crippen MR) is 48.3 cm³/mol. The molecule has 4 N–H and O–H groups in total. The number of ketones is 1. The Kier molecular flexibility index (Phi) is 11.5. The topological polar surface area (TPSA) is 69.1 Å². The van der Waals surface area contributed by atoms with Crippen molar-refractivity contribution < 1.29 is 4.79 Å². The van der Waals surface area contributed by atoms with Crippen molar-refractivity contribution >= 4 is 5.78 Å². The van der Waals surface area contributed by atoms with Crippen molar-refractivity contribution in [1.82, 2.24) is 0 Å². The fourth-order valence-corrected chi connectivity index (χ4v) is 0.541. The van der Waals surface area contributed by atoms with Crippen LogP contribution in [0.4, 0.5) is 0 Å². The number of carbonyl (C=O) groups is 1. The molecule has 3 nitrogen and oxygen atoms in total. The summed E-state index contributed by atoms with van der Waals surface area (Å²) in [4.78, 5) is 10.5. The normalized spacial score (nSPS) is 11.4. The predicted octanol–water partition coefficient (Wildman–Crippen LogP) is 0.668. The van der Waals surface area contributed by atoms with Crippen molar-refractivity contribution in [2.75, 3.05) is 6.54 Å². The van der Waals surface area contributed by atoms with Gasteiger partial charge in [-0.05, 0) is 26.3 Å². The Morgan fingerprint density at radius 2 is 1.91 bits per heavy atom.